The maximum Gasteiger partial charge on any atom is 0.123 e. The summed E-state index contributed by atoms with van der Waals surface area (Å²) in [6.07, 6.45) is 2.68. The first-order chi connectivity index (χ1) is 9.70. The van der Waals surface area contributed by atoms with E-state index in [0.29, 0.717) is 5.82 Å². The Morgan fingerprint density at radius 2 is 1.85 bits per heavy atom. The highest BCUT2D eigenvalue weighted by Crippen LogP contribution is 2.31. The molecule has 100 valence electrons. The maximum atomic E-state index is 5.79. The van der Waals surface area contributed by atoms with Crippen LogP contribution in [-0.4, -0.2) is 9.97 Å². The van der Waals surface area contributed by atoms with Crippen LogP contribution in [0.2, 0.25) is 0 Å². The molecule has 0 saturated carbocycles. The second kappa shape index (κ2) is 4.93. The minimum Gasteiger partial charge on any atom is -0.384 e. The Hall–Kier alpha value is -2.42. The first-order valence-corrected chi connectivity index (χ1v) is 6.81. The number of aryl methyl sites for hydroxylation is 2. The number of hydrogen-bond donors (Lipinski definition) is 1. The number of pyridine rings is 2. The van der Waals surface area contributed by atoms with Crippen molar-refractivity contribution in [3.05, 3.63) is 53.9 Å². The van der Waals surface area contributed by atoms with Gasteiger partial charge in [0.25, 0.3) is 0 Å². The second-order valence-electron chi connectivity index (χ2n) is 4.91. The third kappa shape index (κ3) is 2.01. The summed E-state index contributed by atoms with van der Waals surface area (Å²) in [5.74, 6) is 0.565. The normalized spacial score (nSPS) is 10.9. The zero-order chi connectivity index (χ0) is 14.1. The molecule has 0 aliphatic heterocycles. The summed E-state index contributed by atoms with van der Waals surface area (Å²) in [5.41, 5.74) is 11.3. The van der Waals surface area contributed by atoms with Gasteiger partial charge in [-0.3, -0.25) is 4.98 Å². The predicted octanol–water partition coefficient (Wildman–Crippen LogP) is 3.75. The largest absolute Gasteiger partial charge is 0.384 e. The van der Waals surface area contributed by atoms with Gasteiger partial charge in [-0.05, 0) is 37.1 Å². The van der Waals surface area contributed by atoms with E-state index in [1.165, 1.54) is 10.9 Å². The fourth-order valence-electron chi connectivity index (χ4n) is 2.57. The Bertz CT molecular complexity index is 778. The highest BCUT2D eigenvalue weighted by molar-refractivity contribution is 5.96. The number of aromatic nitrogens is 2. The molecule has 0 radical (unpaired) electrons. The first-order valence-electron chi connectivity index (χ1n) is 6.81. The monoisotopic (exact) mass is 263 g/mol. The van der Waals surface area contributed by atoms with Crippen LogP contribution in [0.25, 0.3) is 22.0 Å². The summed E-state index contributed by atoms with van der Waals surface area (Å²) < 4.78 is 0. The predicted molar refractivity (Wildman–Crippen MR) is 83.5 cm³/mol. The Labute approximate surface area is 118 Å². The molecule has 2 heterocycles. The molecule has 3 heteroatoms. The molecular formula is C17H17N3. The summed E-state index contributed by atoms with van der Waals surface area (Å²) >= 11 is 0. The molecule has 0 spiro atoms. The van der Waals surface area contributed by atoms with Gasteiger partial charge in [-0.1, -0.05) is 25.1 Å². The minimum absolute atomic E-state index is 0.565. The molecule has 2 aromatic heterocycles. The highest BCUT2D eigenvalue weighted by Gasteiger charge is 2.11. The molecule has 3 rings (SSSR count). The maximum absolute atomic E-state index is 5.79. The molecule has 3 aromatic rings. The quantitative estimate of drug-likeness (QED) is 0.766. The fourth-order valence-corrected chi connectivity index (χ4v) is 2.57. The third-order valence-electron chi connectivity index (χ3n) is 3.61. The standard InChI is InChI=1S/C17H17N3/c1-3-15-13(8-9-16(18)20-15)14-7-6-11(2)12-5-4-10-19-17(12)14/h4-10H,3H2,1-2H3,(H2,18,20). The average Bonchev–Trinajstić information content (AvgIpc) is 2.48. The van der Waals surface area contributed by atoms with Gasteiger partial charge in [0.05, 0.1) is 11.2 Å². The summed E-state index contributed by atoms with van der Waals surface area (Å²) in [4.78, 5) is 9.00. The van der Waals surface area contributed by atoms with Crippen molar-refractivity contribution in [3.8, 4) is 11.1 Å². The van der Waals surface area contributed by atoms with E-state index in [-0.39, 0.29) is 0 Å². The zero-order valence-corrected chi connectivity index (χ0v) is 11.7. The number of rotatable bonds is 2. The zero-order valence-electron chi connectivity index (χ0n) is 11.7. The van der Waals surface area contributed by atoms with E-state index in [9.17, 15) is 0 Å². The van der Waals surface area contributed by atoms with Gasteiger partial charge in [-0.2, -0.15) is 0 Å². The third-order valence-corrected chi connectivity index (χ3v) is 3.61. The van der Waals surface area contributed by atoms with Crippen molar-refractivity contribution >= 4 is 16.7 Å². The number of hydrogen-bond acceptors (Lipinski definition) is 3. The Morgan fingerprint density at radius 1 is 1.05 bits per heavy atom. The van der Waals surface area contributed by atoms with Crippen LogP contribution in [-0.2, 0) is 6.42 Å². The van der Waals surface area contributed by atoms with Crippen LogP contribution < -0.4 is 5.73 Å². The topological polar surface area (TPSA) is 51.8 Å². The molecule has 0 bridgehead atoms. The number of fused-ring (bicyclic) bond motifs is 1. The van der Waals surface area contributed by atoms with Gasteiger partial charge >= 0.3 is 0 Å². The lowest BCUT2D eigenvalue weighted by atomic mass is 9.97. The summed E-state index contributed by atoms with van der Waals surface area (Å²) in [7, 11) is 0. The molecule has 0 atom stereocenters. The van der Waals surface area contributed by atoms with Crippen molar-refractivity contribution in [2.45, 2.75) is 20.3 Å². The molecular weight excluding hydrogens is 246 g/mol. The van der Waals surface area contributed by atoms with E-state index in [1.54, 1.807) is 0 Å². The molecule has 20 heavy (non-hydrogen) atoms. The molecule has 0 amide bonds. The SMILES string of the molecule is CCc1nc(N)ccc1-c1ccc(C)c2cccnc12. The second-order valence-corrected chi connectivity index (χ2v) is 4.91. The van der Waals surface area contributed by atoms with Crippen molar-refractivity contribution in [2.75, 3.05) is 5.73 Å². The van der Waals surface area contributed by atoms with Crippen LogP contribution in [0.4, 0.5) is 5.82 Å². The smallest absolute Gasteiger partial charge is 0.123 e. The molecule has 1 aromatic carbocycles. The van der Waals surface area contributed by atoms with E-state index >= 15 is 0 Å². The van der Waals surface area contributed by atoms with Crippen LogP contribution in [0.1, 0.15) is 18.2 Å². The van der Waals surface area contributed by atoms with Gasteiger partial charge in [0.2, 0.25) is 0 Å². The average molecular weight is 263 g/mol. The van der Waals surface area contributed by atoms with E-state index in [0.717, 1.165) is 28.8 Å². The lowest BCUT2D eigenvalue weighted by Crippen LogP contribution is -1.98. The van der Waals surface area contributed by atoms with Gasteiger partial charge < -0.3 is 5.73 Å². The summed E-state index contributed by atoms with van der Waals surface area (Å²) in [5, 5.41) is 1.18. The van der Waals surface area contributed by atoms with Crippen LogP contribution >= 0.6 is 0 Å². The van der Waals surface area contributed by atoms with E-state index in [1.807, 2.05) is 24.4 Å². The number of benzene rings is 1. The van der Waals surface area contributed by atoms with Crippen molar-refractivity contribution in [1.29, 1.82) is 0 Å². The van der Waals surface area contributed by atoms with Crippen LogP contribution in [0.5, 0.6) is 0 Å². The summed E-state index contributed by atoms with van der Waals surface area (Å²) in [6, 6.07) is 12.2. The minimum atomic E-state index is 0.565. The molecule has 0 aliphatic rings. The van der Waals surface area contributed by atoms with Crippen LogP contribution in [0, 0.1) is 6.92 Å². The molecule has 0 unspecified atom stereocenters. The molecule has 3 nitrogen and oxygen atoms in total. The highest BCUT2D eigenvalue weighted by atomic mass is 14.8. The van der Waals surface area contributed by atoms with Crippen molar-refractivity contribution in [1.82, 2.24) is 9.97 Å². The number of nitrogens with zero attached hydrogens (tertiary/aromatic N) is 2. The van der Waals surface area contributed by atoms with E-state index in [4.69, 9.17) is 5.73 Å². The van der Waals surface area contributed by atoms with Crippen LogP contribution in [0.3, 0.4) is 0 Å². The molecule has 0 fully saturated rings. The Morgan fingerprint density at radius 3 is 2.65 bits per heavy atom. The number of nitrogens with two attached hydrogens (primary N) is 1. The van der Waals surface area contributed by atoms with Crippen molar-refractivity contribution < 1.29 is 0 Å². The molecule has 0 aliphatic carbocycles. The van der Waals surface area contributed by atoms with Crippen LogP contribution in [0.15, 0.2) is 42.6 Å². The Balaban J connectivity index is 2.33. The number of anilines is 1. The lowest BCUT2D eigenvalue weighted by molar-refractivity contribution is 1.04. The lowest BCUT2D eigenvalue weighted by Gasteiger charge is -2.11. The molecule has 2 N–H and O–H groups in total. The van der Waals surface area contributed by atoms with Gasteiger partial charge in [-0.15, -0.1) is 0 Å². The Kier molecular flexibility index (Phi) is 3.11. The van der Waals surface area contributed by atoms with Gasteiger partial charge in [0, 0.05) is 22.7 Å². The fraction of sp³-hybridized carbons (Fsp3) is 0.176. The van der Waals surface area contributed by atoms with Gasteiger partial charge in [-0.25, -0.2) is 4.98 Å². The van der Waals surface area contributed by atoms with E-state index in [2.05, 4.69) is 42.0 Å². The van der Waals surface area contributed by atoms with Crippen molar-refractivity contribution in [2.24, 2.45) is 0 Å². The molecule has 0 saturated heterocycles. The number of nitrogen functional groups attached to an aromatic ring is 1. The van der Waals surface area contributed by atoms with Gasteiger partial charge in [0.1, 0.15) is 5.82 Å². The van der Waals surface area contributed by atoms with E-state index < -0.39 is 0 Å². The van der Waals surface area contributed by atoms with Crippen molar-refractivity contribution in [3.63, 3.8) is 0 Å². The first kappa shape index (κ1) is 12.6. The summed E-state index contributed by atoms with van der Waals surface area (Å²) in [6.45, 7) is 4.20. The van der Waals surface area contributed by atoms with Gasteiger partial charge in [0.15, 0.2) is 0 Å².